The van der Waals surface area contributed by atoms with E-state index in [2.05, 4.69) is 35.3 Å². The van der Waals surface area contributed by atoms with Gasteiger partial charge in [-0.2, -0.15) is 0 Å². The molecule has 5 rings (SSSR count). The zero-order chi connectivity index (χ0) is 19.8. The second-order valence-corrected chi connectivity index (χ2v) is 8.24. The van der Waals surface area contributed by atoms with Gasteiger partial charge in [0.25, 0.3) is 0 Å². The van der Waals surface area contributed by atoms with Gasteiger partial charge in [0, 0.05) is 27.8 Å². The lowest BCUT2D eigenvalue weighted by molar-refractivity contribution is 0.0993. The van der Waals surface area contributed by atoms with Gasteiger partial charge in [-0.25, -0.2) is 0 Å². The highest BCUT2D eigenvalue weighted by Gasteiger charge is 2.19. The first-order valence-corrected chi connectivity index (χ1v) is 10.3. The molecule has 0 N–H and O–H groups in total. The van der Waals surface area contributed by atoms with Crippen molar-refractivity contribution in [2.24, 2.45) is 4.99 Å². The Bertz CT molecular complexity index is 1220. The van der Waals surface area contributed by atoms with Crippen LogP contribution in [0.4, 0.5) is 0 Å². The maximum atomic E-state index is 13.1. The topological polar surface area (TPSA) is 38.7 Å². The quantitative estimate of drug-likeness (QED) is 0.391. The van der Waals surface area contributed by atoms with E-state index < -0.39 is 0 Å². The van der Waals surface area contributed by atoms with Crippen molar-refractivity contribution in [1.29, 1.82) is 0 Å². The molecule has 0 amide bonds. The standard InChI is InChI=1S/C25H19NO2S/c1-28-20-8-6-16(7-9-20)10-23(27)18-11-19-14-26-15-22(19)21(12-18)25-13-17-4-2-3-5-24(17)29-25/h2-9,11-14H,10,15H2,1H3. The number of nitrogens with zero attached hydrogens (tertiary/aromatic N) is 1. The molecule has 0 aliphatic carbocycles. The van der Waals surface area contributed by atoms with Crippen molar-refractivity contribution in [1.82, 2.24) is 0 Å². The fraction of sp³-hybridized carbons (Fsp3) is 0.120. The summed E-state index contributed by atoms with van der Waals surface area (Å²) >= 11 is 1.76. The van der Waals surface area contributed by atoms with Crippen LogP contribution in [-0.4, -0.2) is 19.1 Å². The maximum Gasteiger partial charge on any atom is 0.167 e. The molecule has 0 bridgehead atoms. The van der Waals surface area contributed by atoms with E-state index >= 15 is 0 Å². The Morgan fingerprint density at radius 3 is 2.69 bits per heavy atom. The molecule has 29 heavy (non-hydrogen) atoms. The highest BCUT2D eigenvalue weighted by atomic mass is 32.1. The van der Waals surface area contributed by atoms with E-state index in [9.17, 15) is 4.79 Å². The van der Waals surface area contributed by atoms with Gasteiger partial charge in [-0.1, -0.05) is 30.3 Å². The van der Waals surface area contributed by atoms with Crippen molar-refractivity contribution in [2.45, 2.75) is 13.0 Å². The summed E-state index contributed by atoms with van der Waals surface area (Å²) in [6.07, 6.45) is 2.25. The molecule has 3 nitrogen and oxygen atoms in total. The number of aliphatic imine (C=N–C) groups is 1. The van der Waals surface area contributed by atoms with Crippen LogP contribution in [-0.2, 0) is 13.0 Å². The van der Waals surface area contributed by atoms with Gasteiger partial charge < -0.3 is 4.74 Å². The predicted octanol–water partition coefficient (Wildman–Crippen LogP) is 5.93. The van der Waals surface area contributed by atoms with Crippen LogP contribution in [0.5, 0.6) is 5.75 Å². The van der Waals surface area contributed by atoms with Gasteiger partial charge in [-0.15, -0.1) is 11.3 Å². The normalized spacial score (nSPS) is 12.3. The number of thiophene rings is 1. The summed E-state index contributed by atoms with van der Waals surface area (Å²) in [6.45, 7) is 0.672. The van der Waals surface area contributed by atoms with Gasteiger partial charge in [-0.3, -0.25) is 9.79 Å². The average Bonchev–Trinajstić information content (AvgIpc) is 3.40. The van der Waals surface area contributed by atoms with Crippen molar-refractivity contribution in [3.05, 3.63) is 89.0 Å². The van der Waals surface area contributed by atoms with E-state index in [1.54, 1.807) is 18.4 Å². The molecular weight excluding hydrogens is 378 g/mol. The number of hydrogen-bond donors (Lipinski definition) is 0. The molecule has 142 valence electrons. The lowest BCUT2D eigenvalue weighted by Gasteiger charge is -2.10. The van der Waals surface area contributed by atoms with E-state index in [4.69, 9.17) is 4.74 Å². The van der Waals surface area contributed by atoms with E-state index in [1.807, 2.05) is 42.6 Å². The number of ether oxygens (including phenoxy) is 1. The zero-order valence-electron chi connectivity index (χ0n) is 16.0. The SMILES string of the molecule is COc1ccc(CC(=O)c2cc3c(c(-c4cc5ccccc5s4)c2)CN=C3)cc1. The summed E-state index contributed by atoms with van der Waals surface area (Å²) in [6, 6.07) is 22.3. The number of carbonyl (C=O) groups excluding carboxylic acids is 1. The number of rotatable bonds is 5. The minimum Gasteiger partial charge on any atom is -0.497 e. The monoisotopic (exact) mass is 397 g/mol. The molecule has 1 aliphatic rings. The van der Waals surface area contributed by atoms with Crippen LogP contribution in [0.2, 0.25) is 0 Å². The van der Waals surface area contributed by atoms with Gasteiger partial charge in [-0.05, 0) is 64.0 Å². The molecule has 0 unspecified atom stereocenters. The fourth-order valence-corrected chi connectivity index (χ4v) is 4.85. The molecular formula is C25H19NO2S. The van der Waals surface area contributed by atoms with Crippen molar-refractivity contribution in [3.63, 3.8) is 0 Å². The molecule has 4 aromatic rings. The van der Waals surface area contributed by atoms with Crippen LogP contribution >= 0.6 is 11.3 Å². The smallest absolute Gasteiger partial charge is 0.167 e. The first kappa shape index (κ1) is 17.8. The van der Waals surface area contributed by atoms with E-state index in [0.29, 0.717) is 13.0 Å². The molecule has 0 fully saturated rings. The first-order valence-electron chi connectivity index (χ1n) is 9.53. The third-order valence-electron chi connectivity index (χ3n) is 5.30. The second-order valence-electron chi connectivity index (χ2n) is 7.16. The van der Waals surface area contributed by atoms with E-state index in [0.717, 1.165) is 28.0 Å². The Morgan fingerprint density at radius 1 is 1.07 bits per heavy atom. The van der Waals surface area contributed by atoms with Crippen molar-refractivity contribution >= 4 is 33.4 Å². The molecule has 1 aliphatic heterocycles. The molecule has 3 aromatic carbocycles. The lowest BCUT2D eigenvalue weighted by atomic mass is 9.94. The fourth-order valence-electron chi connectivity index (χ4n) is 3.75. The minimum absolute atomic E-state index is 0.112. The summed E-state index contributed by atoms with van der Waals surface area (Å²) in [5.41, 5.74) is 5.10. The Hall–Kier alpha value is -3.24. The lowest BCUT2D eigenvalue weighted by Crippen LogP contribution is -2.05. The number of carbonyl (C=O) groups is 1. The minimum atomic E-state index is 0.112. The molecule has 0 saturated heterocycles. The van der Waals surface area contributed by atoms with Crippen molar-refractivity contribution < 1.29 is 9.53 Å². The van der Waals surface area contributed by atoms with Gasteiger partial charge >= 0.3 is 0 Å². The maximum absolute atomic E-state index is 13.1. The highest BCUT2D eigenvalue weighted by Crippen LogP contribution is 2.38. The third kappa shape index (κ3) is 3.36. The molecule has 0 radical (unpaired) electrons. The number of ketones is 1. The Labute approximate surface area is 173 Å². The van der Waals surface area contributed by atoms with Gasteiger partial charge in [0.05, 0.1) is 13.7 Å². The summed E-state index contributed by atoms with van der Waals surface area (Å²) in [4.78, 5) is 18.7. The highest BCUT2D eigenvalue weighted by molar-refractivity contribution is 7.22. The largest absolute Gasteiger partial charge is 0.497 e. The number of fused-ring (bicyclic) bond motifs is 2. The molecule has 4 heteroatoms. The average molecular weight is 397 g/mol. The molecule has 0 saturated carbocycles. The van der Waals surface area contributed by atoms with E-state index in [-0.39, 0.29) is 5.78 Å². The summed E-state index contributed by atoms with van der Waals surface area (Å²) in [7, 11) is 1.64. The van der Waals surface area contributed by atoms with Crippen molar-refractivity contribution in [2.75, 3.05) is 7.11 Å². The first-order chi connectivity index (χ1) is 14.2. The number of Topliss-reactive ketones (excluding diaryl/α,β-unsaturated/α-hetero) is 1. The number of hydrogen-bond acceptors (Lipinski definition) is 4. The molecule has 0 spiro atoms. The Kier molecular flexibility index (Phi) is 4.49. The molecule has 2 heterocycles. The molecule has 1 aromatic heterocycles. The number of methoxy groups -OCH3 is 1. The molecule has 0 atom stereocenters. The van der Waals surface area contributed by atoms with Crippen molar-refractivity contribution in [3.8, 4) is 16.2 Å². The van der Waals surface area contributed by atoms with Crippen LogP contribution < -0.4 is 4.74 Å². The zero-order valence-corrected chi connectivity index (χ0v) is 16.8. The van der Waals surface area contributed by atoms with Crippen LogP contribution in [0.1, 0.15) is 27.0 Å². The van der Waals surface area contributed by atoms with Gasteiger partial charge in [0.15, 0.2) is 5.78 Å². The predicted molar refractivity (Wildman–Crippen MR) is 120 cm³/mol. The summed E-state index contributed by atoms with van der Waals surface area (Å²) in [5.74, 6) is 0.905. The van der Waals surface area contributed by atoms with Crippen LogP contribution in [0.25, 0.3) is 20.5 Å². The van der Waals surface area contributed by atoms with Crippen LogP contribution in [0.3, 0.4) is 0 Å². The van der Waals surface area contributed by atoms with E-state index in [1.165, 1.54) is 20.5 Å². The summed E-state index contributed by atoms with van der Waals surface area (Å²) in [5, 5.41) is 1.23. The van der Waals surface area contributed by atoms with Crippen LogP contribution in [0.15, 0.2) is 71.7 Å². The van der Waals surface area contributed by atoms with Gasteiger partial charge in [0.1, 0.15) is 5.75 Å². The Morgan fingerprint density at radius 2 is 1.90 bits per heavy atom. The van der Waals surface area contributed by atoms with Gasteiger partial charge in [0.2, 0.25) is 0 Å². The Balaban J connectivity index is 1.52. The number of benzene rings is 3. The summed E-state index contributed by atoms with van der Waals surface area (Å²) < 4.78 is 6.46. The van der Waals surface area contributed by atoms with Crippen LogP contribution in [0, 0.1) is 0 Å². The third-order valence-corrected chi connectivity index (χ3v) is 6.45. The second kappa shape index (κ2) is 7.30.